The molecule has 0 unspecified atom stereocenters. The molecule has 2 nitrogen and oxygen atoms in total. The minimum absolute atomic E-state index is 0.894. The van der Waals surface area contributed by atoms with Gasteiger partial charge in [-0.1, -0.05) is 30.4 Å². The molecule has 12 heavy (non-hydrogen) atoms. The van der Waals surface area contributed by atoms with E-state index in [1.54, 1.807) is 0 Å². The smallest absolute Gasteiger partial charge is 0.0588 e. The quantitative estimate of drug-likeness (QED) is 0.621. The Morgan fingerprint density at radius 1 is 1.33 bits per heavy atom. The number of rotatable bonds is 0. The van der Waals surface area contributed by atoms with Gasteiger partial charge in [-0.15, -0.1) is 0 Å². The van der Waals surface area contributed by atoms with Crippen LogP contribution in [-0.2, 0) is 0 Å². The second kappa shape index (κ2) is 2.99. The summed E-state index contributed by atoms with van der Waals surface area (Å²) in [5.41, 5.74) is 5.74. The summed E-state index contributed by atoms with van der Waals surface area (Å²) in [7, 11) is 2.03. The third kappa shape index (κ3) is 1.21. The molecule has 62 valence electrons. The third-order valence-corrected chi connectivity index (χ3v) is 2.04. The molecule has 0 spiro atoms. The first-order valence-corrected chi connectivity index (χ1v) is 4.11. The monoisotopic (exact) mass is 160 g/mol. The summed E-state index contributed by atoms with van der Waals surface area (Å²) in [6.07, 6.45) is 4.27. The van der Waals surface area contributed by atoms with Crippen LogP contribution in [0.15, 0.2) is 30.3 Å². The molecule has 0 fully saturated rings. The fourth-order valence-corrected chi connectivity index (χ4v) is 1.39. The van der Waals surface area contributed by atoms with Crippen LogP contribution >= 0.6 is 0 Å². The SMILES string of the molecule is CN1NCC=Cc2ccccc21. The molecule has 0 saturated heterocycles. The van der Waals surface area contributed by atoms with Crippen LogP contribution in [-0.4, -0.2) is 13.6 Å². The van der Waals surface area contributed by atoms with E-state index in [1.807, 2.05) is 7.05 Å². The summed E-state index contributed by atoms with van der Waals surface area (Å²) < 4.78 is 0. The number of hydrogen-bond acceptors (Lipinski definition) is 2. The maximum Gasteiger partial charge on any atom is 0.0588 e. The Labute approximate surface area is 72.5 Å². The zero-order valence-corrected chi connectivity index (χ0v) is 7.12. The predicted molar refractivity (Wildman–Crippen MR) is 51.9 cm³/mol. The van der Waals surface area contributed by atoms with Crippen LogP contribution in [0.4, 0.5) is 5.69 Å². The van der Waals surface area contributed by atoms with Crippen LogP contribution in [0, 0.1) is 0 Å². The van der Waals surface area contributed by atoms with Crippen molar-refractivity contribution in [1.29, 1.82) is 0 Å². The molecule has 2 heteroatoms. The van der Waals surface area contributed by atoms with Crippen LogP contribution < -0.4 is 10.4 Å². The number of nitrogens with one attached hydrogen (secondary N) is 1. The van der Waals surface area contributed by atoms with Gasteiger partial charge in [0.1, 0.15) is 0 Å². The number of anilines is 1. The molecule has 0 aliphatic carbocycles. The average Bonchev–Trinajstić information content (AvgIpc) is 2.29. The highest BCUT2D eigenvalue weighted by molar-refractivity contribution is 5.68. The summed E-state index contributed by atoms with van der Waals surface area (Å²) in [6, 6.07) is 8.34. The Morgan fingerprint density at radius 2 is 2.17 bits per heavy atom. The van der Waals surface area contributed by atoms with E-state index in [9.17, 15) is 0 Å². The lowest BCUT2D eigenvalue weighted by Gasteiger charge is -2.19. The molecule has 1 aromatic carbocycles. The van der Waals surface area contributed by atoms with Crippen LogP contribution in [0.3, 0.4) is 0 Å². The molecule has 0 amide bonds. The standard InChI is InChI=1S/C10H12N2/c1-12-10-7-3-2-5-9(10)6-4-8-11-12/h2-7,11H,8H2,1H3. The van der Waals surface area contributed by atoms with Gasteiger partial charge >= 0.3 is 0 Å². The number of hydrogen-bond donors (Lipinski definition) is 1. The van der Waals surface area contributed by atoms with Crippen molar-refractivity contribution in [3.8, 4) is 0 Å². The molecule has 0 atom stereocenters. The van der Waals surface area contributed by atoms with Crippen molar-refractivity contribution in [3.63, 3.8) is 0 Å². The Kier molecular flexibility index (Phi) is 1.84. The predicted octanol–water partition coefficient (Wildman–Crippen LogP) is 1.65. The molecule has 0 radical (unpaired) electrons. The van der Waals surface area contributed by atoms with Crippen LogP contribution in [0.2, 0.25) is 0 Å². The van der Waals surface area contributed by atoms with Gasteiger partial charge in [0.05, 0.1) is 5.69 Å². The minimum Gasteiger partial charge on any atom is -0.311 e. The van der Waals surface area contributed by atoms with Crippen molar-refractivity contribution >= 4 is 11.8 Å². The molecule has 0 aromatic heterocycles. The van der Waals surface area contributed by atoms with E-state index in [0.29, 0.717) is 0 Å². The maximum absolute atomic E-state index is 3.25. The highest BCUT2D eigenvalue weighted by Gasteiger charge is 2.05. The second-order valence-electron chi connectivity index (χ2n) is 2.88. The third-order valence-electron chi connectivity index (χ3n) is 2.04. The maximum atomic E-state index is 3.25. The van der Waals surface area contributed by atoms with Gasteiger partial charge < -0.3 is 5.01 Å². The summed E-state index contributed by atoms with van der Waals surface area (Å²) >= 11 is 0. The summed E-state index contributed by atoms with van der Waals surface area (Å²) in [4.78, 5) is 0. The highest BCUT2D eigenvalue weighted by Crippen LogP contribution is 2.20. The minimum atomic E-state index is 0.894. The molecule has 1 aromatic rings. The van der Waals surface area contributed by atoms with Gasteiger partial charge in [-0.3, -0.25) is 0 Å². The van der Waals surface area contributed by atoms with Gasteiger partial charge in [-0.05, 0) is 11.6 Å². The Morgan fingerprint density at radius 3 is 3.08 bits per heavy atom. The van der Waals surface area contributed by atoms with E-state index in [0.717, 1.165) is 6.54 Å². The lowest BCUT2D eigenvalue weighted by atomic mass is 10.1. The Hall–Kier alpha value is -1.28. The largest absolute Gasteiger partial charge is 0.311 e. The second-order valence-corrected chi connectivity index (χ2v) is 2.88. The lowest BCUT2D eigenvalue weighted by Crippen LogP contribution is -2.33. The first kappa shape index (κ1) is 7.37. The molecular formula is C10H12N2. The number of nitrogens with zero attached hydrogens (tertiary/aromatic N) is 1. The van der Waals surface area contributed by atoms with Gasteiger partial charge in [0.25, 0.3) is 0 Å². The van der Waals surface area contributed by atoms with E-state index < -0.39 is 0 Å². The normalized spacial score (nSPS) is 15.6. The zero-order chi connectivity index (χ0) is 8.39. The van der Waals surface area contributed by atoms with E-state index in [-0.39, 0.29) is 0 Å². The van der Waals surface area contributed by atoms with Gasteiger partial charge in [0.2, 0.25) is 0 Å². The van der Waals surface area contributed by atoms with Crippen molar-refractivity contribution in [2.75, 3.05) is 18.6 Å². The molecule has 1 aliphatic rings. The summed E-state index contributed by atoms with van der Waals surface area (Å²) in [5.74, 6) is 0. The van der Waals surface area contributed by atoms with E-state index in [2.05, 4.69) is 46.9 Å². The fraction of sp³-hybridized carbons (Fsp3) is 0.200. The fourth-order valence-electron chi connectivity index (χ4n) is 1.39. The molecule has 2 rings (SSSR count). The van der Waals surface area contributed by atoms with Gasteiger partial charge in [-0.2, -0.15) is 0 Å². The van der Waals surface area contributed by atoms with Crippen LogP contribution in [0.1, 0.15) is 5.56 Å². The van der Waals surface area contributed by atoms with E-state index >= 15 is 0 Å². The zero-order valence-electron chi connectivity index (χ0n) is 7.12. The summed E-state index contributed by atoms with van der Waals surface area (Å²) in [6.45, 7) is 0.894. The average molecular weight is 160 g/mol. The summed E-state index contributed by atoms with van der Waals surface area (Å²) in [5, 5.41) is 2.05. The van der Waals surface area contributed by atoms with Gasteiger partial charge in [0, 0.05) is 13.6 Å². The number of hydrazine groups is 1. The Balaban J connectivity index is 2.49. The molecular weight excluding hydrogens is 148 g/mol. The molecule has 1 heterocycles. The van der Waals surface area contributed by atoms with Crippen molar-refractivity contribution in [1.82, 2.24) is 5.43 Å². The first-order chi connectivity index (χ1) is 5.88. The highest BCUT2D eigenvalue weighted by atomic mass is 15.5. The van der Waals surface area contributed by atoms with Crippen molar-refractivity contribution < 1.29 is 0 Å². The lowest BCUT2D eigenvalue weighted by molar-refractivity contribution is 0.744. The van der Waals surface area contributed by atoms with Crippen molar-refractivity contribution in [2.24, 2.45) is 0 Å². The molecule has 0 bridgehead atoms. The van der Waals surface area contributed by atoms with Gasteiger partial charge in [-0.25, -0.2) is 5.43 Å². The number of benzene rings is 1. The van der Waals surface area contributed by atoms with E-state index in [1.165, 1.54) is 11.3 Å². The number of para-hydroxylation sites is 1. The van der Waals surface area contributed by atoms with Crippen LogP contribution in [0.5, 0.6) is 0 Å². The molecule has 1 N–H and O–H groups in total. The van der Waals surface area contributed by atoms with Crippen molar-refractivity contribution in [2.45, 2.75) is 0 Å². The van der Waals surface area contributed by atoms with Crippen molar-refractivity contribution in [3.05, 3.63) is 35.9 Å². The van der Waals surface area contributed by atoms with Crippen LogP contribution in [0.25, 0.3) is 6.08 Å². The van der Waals surface area contributed by atoms with Gasteiger partial charge in [0.15, 0.2) is 0 Å². The molecule has 0 saturated carbocycles. The molecule has 1 aliphatic heterocycles. The Bertz CT molecular complexity index is 304. The van der Waals surface area contributed by atoms with E-state index in [4.69, 9.17) is 0 Å². The topological polar surface area (TPSA) is 15.3 Å². The first-order valence-electron chi connectivity index (χ1n) is 4.11. The number of fused-ring (bicyclic) bond motifs is 1.